The fraction of sp³-hybridized carbons (Fsp3) is 0.955. The number of aliphatic hydroxyl groups is 1. The summed E-state index contributed by atoms with van der Waals surface area (Å²) in [5.74, 6) is -0.343. The summed E-state index contributed by atoms with van der Waals surface area (Å²) in [7, 11) is 0. The summed E-state index contributed by atoms with van der Waals surface area (Å²) in [6.07, 6.45) is 6.41. The van der Waals surface area contributed by atoms with Crippen LogP contribution in [-0.4, -0.2) is 46.7 Å². The number of ether oxygens (including phenoxy) is 3. The first-order valence-corrected chi connectivity index (χ1v) is 10.7. The van der Waals surface area contributed by atoms with E-state index in [1.165, 1.54) is 0 Å². The van der Waals surface area contributed by atoms with Crippen molar-refractivity contribution in [3.8, 4) is 0 Å². The van der Waals surface area contributed by atoms with Crippen molar-refractivity contribution in [1.82, 2.24) is 0 Å². The maximum atomic E-state index is 11.8. The molecule has 0 unspecified atom stereocenters. The number of hydrogen-bond donors (Lipinski definition) is 1. The van der Waals surface area contributed by atoms with Crippen LogP contribution in [0.25, 0.3) is 0 Å². The lowest BCUT2D eigenvalue weighted by atomic mass is 9.86. The molecule has 1 N–H and O–H groups in total. The quantitative estimate of drug-likeness (QED) is 0.472. The summed E-state index contributed by atoms with van der Waals surface area (Å²) >= 11 is 0. The molecular weight excluding hydrogens is 344 g/mol. The Morgan fingerprint density at radius 2 is 1.89 bits per heavy atom. The van der Waals surface area contributed by atoms with Gasteiger partial charge in [0.05, 0.1) is 35.6 Å². The zero-order valence-corrected chi connectivity index (χ0v) is 18.2. The average Bonchev–Trinajstić information content (AvgIpc) is 3.14. The summed E-state index contributed by atoms with van der Waals surface area (Å²) in [5.41, 5.74) is -1.04. The predicted octanol–water partition coefficient (Wildman–Crippen LogP) is 4.39. The van der Waals surface area contributed by atoms with Gasteiger partial charge in [-0.1, -0.05) is 26.7 Å². The molecule has 2 heterocycles. The molecule has 158 valence electrons. The zero-order valence-electron chi connectivity index (χ0n) is 18.2. The van der Waals surface area contributed by atoms with Gasteiger partial charge in [-0.05, 0) is 59.8 Å². The lowest BCUT2D eigenvalue weighted by Gasteiger charge is -2.38. The third kappa shape index (κ3) is 5.68. The van der Waals surface area contributed by atoms with Crippen LogP contribution in [0, 0.1) is 5.92 Å². The molecule has 2 aliphatic rings. The van der Waals surface area contributed by atoms with Gasteiger partial charge < -0.3 is 19.3 Å². The van der Waals surface area contributed by atoms with E-state index in [0.717, 1.165) is 44.9 Å². The smallest absolute Gasteiger partial charge is 0.305 e. The molecule has 0 aliphatic carbocycles. The SMILES string of the molecule is CCCCCC(=O)OC[C@H](C)[C@@H](O)[C@]1(C)CC[C@H]([C@]2(C)CCC(C)(C)O2)O1. The molecule has 5 atom stereocenters. The van der Waals surface area contributed by atoms with Gasteiger partial charge in [-0.15, -0.1) is 0 Å². The van der Waals surface area contributed by atoms with E-state index in [0.29, 0.717) is 6.42 Å². The first-order chi connectivity index (χ1) is 12.5. The number of unbranched alkanes of at least 4 members (excludes halogenated alkanes) is 2. The molecule has 2 rings (SSSR count). The number of aliphatic hydroxyl groups excluding tert-OH is 1. The minimum Gasteiger partial charge on any atom is -0.465 e. The van der Waals surface area contributed by atoms with E-state index in [1.54, 1.807) is 0 Å². The summed E-state index contributed by atoms with van der Waals surface area (Å²) in [5, 5.41) is 10.9. The van der Waals surface area contributed by atoms with Gasteiger partial charge in [-0.2, -0.15) is 0 Å². The van der Waals surface area contributed by atoms with Crippen LogP contribution in [0.1, 0.15) is 92.9 Å². The van der Waals surface area contributed by atoms with Crippen molar-refractivity contribution in [2.24, 2.45) is 5.92 Å². The van der Waals surface area contributed by atoms with Crippen LogP contribution in [0.5, 0.6) is 0 Å². The predicted molar refractivity (Wildman–Crippen MR) is 106 cm³/mol. The molecule has 2 fully saturated rings. The monoisotopic (exact) mass is 384 g/mol. The van der Waals surface area contributed by atoms with E-state index < -0.39 is 11.7 Å². The molecule has 0 aromatic carbocycles. The van der Waals surface area contributed by atoms with Gasteiger partial charge in [0.15, 0.2) is 0 Å². The van der Waals surface area contributed by atoms with E-state index in [1.807, 2.05) is 13.8 Å². The van der Waals surface area contributed by atoms with Crippen molar-refractivity contribution >= 4 is 5.97 Å². The topological polar surface area (TPSA) is 65.0 Å². The van der Waals surface area contributed by atoms with Crippen LogP contribution >= 0.6 is 0 Å². The first-order valence-electron chi connectivity index (χ1n) is 10.7. The first kappa shape index (κ1) is 22.6. The van der Waals surface area contributed by atoms with Gasteiger partial charge in [0.2, 0.25) is 0 Å². The fourth-order valence-corrected chi connectivity index (χ4v) is 4.53. The summed E-state index contributed by atoms with van der Waals surface area (Å²) in [4.78, 5) is 11.8. The maximum Gasteiger partial charge on any atom is 0.305 e. The highest BCUT2D eigenvalue weighted by Crippen LogP contribution is 2.47. The Hall–Kier alpha value is -0.650. The van der Waals surface area contributed by atoms with Crippen LogP contribution in [0.3, 0.4) is 0 Å². The van der Waals surface area contributed by atoms with Crippen molar-refractivity contribution < 1.29 is 24.1 Å². The second-order valence-corrected chi connectivity index (χ2v) is 9.69. The van der Waals surface area contributed by atoms with Gasteiger partial charge in [0, 0.05) is 12.3 Å². The molecule has 2 saturated heterocycles. The Morgan fingerprint density at radius 1 is 1.19 bits per heavy atom. The minimum absolute atomic E-state index is 0.0114. The normalized spacial score (nSPS) is 35.1. The molecule has 0 spiro atoms. The van der Waals surface area contributed by atoms with Crippen LogP contribution in [-0.2, 0) is 19.0 Å². The van der Waals surface area contributed by atoms with Crippen LogP contribution in [0.2, 0.25) is 0 Å². The maximum absolute atomic E-state index is 11.8. The van der Waals surface area contributed by atoms with Gasteiger partial charge in [0.1, 0.15) is 0 Å². The Bertz CT molecular complexity index is 505. The molecule has 0 amide bonds. The Labute approximate surface area is 165 Å². The van der Waals surface area contributed by atoms with E-state index in [9.17, 15) is 9.90 Å². The van der Waals surface area contributed by atoms with E-state index >= 15 is 0 Å². The fourth-order valence-electron chi connectivity index (χ4n) is 4.53. The highest BCUT2D eigenvalue weighted by atomic mass is 16.6. The molecule has 0 radical (unpaired) electrons. The summed E-state index contributed by atoms with van der Waals surface area (Å²) < 4.78 is 18.1. The largest absolute Gasteiger partial charge is 0.465 e. The van der Waals surface area contributed by atoms with Crippen LogP contribution in [0.4, 0.5) is 0 Å². The van der Waals surface area contributed by atoms with Gasteiger partial charge >= 0.3 is 5.97 Å². The van der Waals surface area contributed by atoms with Crippen molar-refractivity contribution in [3.63, 3.8) is 0 Å². The Morgan fingerprint density at radius 3 is 2.48 bits per heavy atom. The number of carbonyl (C=O) groups excluding carboxylic acids is 1. The molecular formula is C22H40O5. The van der Waals surface area contributed by atoms with Crippen molar-refractivity contribution in [2.75, 3.05) is 6.61 Å². The second-order valence-electron chi connectivity index (χ2n) is 9.69. The van der Waals surface area contributed by atoms with E-state index in [2.05, 4.69) is 27.7 Å². The summed E-state index contributed by atoms with van der Waals surface area (Å²) in [6, 6.07) is 0. The number of esters is 1. The molecule has 2 aliphatic heterocycles. The number of rotatable bonds is 9. The van der Waals surface area contributed by atoms with Crippen molar-refractivity contribution in [3.05, 3.63) is 0 Å². The minimum atomic E-state index is -0.677. The van der Waals surface area contributed by atoms with E-state index in [4.69, 9.17) is 14.2 Å². The molecule has 5 heteroatoms. The molecule has 0 aromatic rings. The second kappa shape index (κ2) is 8.79. The Kier molecular flexibility index (Phi) is 7.37. The van der Waals surface area contributed by atoms with Crippen LogP contribution in [0.15, 0.2) is 0 Å². The number of carbonyl (C=O) groups is 1. The molecule has 5 nitrogen and oxygen atoms in total. The lowest BCUT2D eigenvalue weighted by molar-refractivity contribution is -0.192. The zero-order chi connectivity index (χ0) is 20.3. The lowest BCUT2D eigenvalue weighted by Crippen LogP contribution is -2.48. The standard InChI is InChI=1S/C22H40O5/c1-7-8-9-10-18(23)25-15-16(2)19(24)22(6)12-11-17(26-22)21(5)14-13-20(3,4)27-21/h16-17,19,24H,7-15H2,1-6H3/t16-,17+,19+,21-,22-/m0/s1. The average molecular weight is 385 g/mol. The third-order valence-corrected chi connectivity index (χ3v) is 6.38. The highest BCUT2D eigenvalue weighted by Gasteiger charge is 2.53. The molecule has 0 bridgehead atoms. The third-order valence-electron chi connectivity index (χ3n) is 6.38. The van der Waals surface area contributed by atoms with Crippen LogP contribution < -0.4 is 0 Å². The highest BCUT2D eigenvalue weighted by molar-refractivity contribution is 5.69. The van der Waals surface area contributed by atoms with Gasteiger partial charge in [0.25, 0.3) is 0 Å². The van der Waals surface area contributed by atoms with Crippen molar-refractivity contribution in [2.45, 2.75) is 122 Å². The van der Waals surface area contributed by atoms with Gasteiger partial charge in [-0.3, -0.25) is 4.79 Å². The molecule has 0 aromatic heterocycles. The number of hydrogen-bond acceptors (Lipinski definition) is 5. The van der Waals surface area contributed by atoms with Crippen molar-refractivity contribution in [1.29, 1.82) is 0 Å². The van der Waals surface area contributed by atoms with Gasteiger partial charge in [-0.25, -0.2) is 0 Å². The molecule has 0 saturated carbocycles. The Balaban J connectivity index is 1.85. The van der Waals surface area contributed by atoms with E-state index in [-0.39, 0.29) is 35.8 Å². The molecule has 27 heavy (non-hydrogen) atoms. The summed E-state index contributed by atoms with van der Waals surface area (Å²) in [6.45, 7) is 12.6.